The smallest absolute Gasteiger partial charge is 0.123 e. The molecule has 2 heteroatoms. The first kappa shape index (κ1) is 12.7. The van der Waals surface area contributed by atoms with Gasteiger partial charge in [-0.05, 0) is 29.3 Å². The molecule has 0 atom stereocenters. The van der Waals surface area contributed by atoms with Crippen molar-refractivity contribution >= 4 is 0 Å². The zero-order chi connectivity index (χ0) is 13.3. The molecule has 0 aliphatic heterocycles. The van der Waals surface area contributed by atoms with Crippen LogP contribution in [0.25, 0.3) is 11.1 Å². The van der Waals surface area contributed by atoms with Crippen LogP contribution < -0.4 is 0 Å². The predicted molar refractivity (Wildman–Crippen MR) is 73.1 cm³/mol. The molecule has 0 radical (unpaired) electrons. The monoisotopic (exact) mass is 243 g/mol. The highest BCUT2D eigenvalue weighted by Gasteiger charge is 2.36. The molecule has 18 heavy (non-hydrogen) atoms. The van der Waals surface area contributed by atoms with E-state index in [4.69, 9.17) is 0 Å². The second kappa shape index (κ2) is 4.52. The van der Waals surface area contributed by atoms with Gasteiger partial charge in [0.1, 0.15) is 5.82 Å². The molecule has 0 amide bonds. The molecule has 1 nitrogen and oxygen atoms in total. The SMILES string of the molecule is CC.CC1(C)c2cc(F)ccc2-c2cccnc21. The molecule has 0 saturated carbocycles. The van der Waals surface area contributed by atoms with Gasteiger partial charge in [0, 0.05) is 17.2 Å². The zero-order valence-electron chi connectivity index (χ0n) is 11.3. The van der Waals surface area contributed by atoms with Gasteiger partial charge in [-0.25, -0.2) is 4.39 Å². The van der Waals surface area contributed by atoms with Crippen LogP contribution in [0.15, 0.2) is 36.5 Å². The number of hydrogen-bond donors (Lipinski definition) is 0. The fourth-order valence-corrected chi connectivity index (χ4v) is 2.52. The lowest BCUT2D eigenvalue weighted by Gasteiger charge is -2.19. The van der Waals surface area contributed by atoms with Crippen molar-refractivity contribution in [2.24, 2.45) is 0 Å². The van der Waals surface area contributed by atoms with Gasteiger partial charge in [0.15, 0.2) is 0 Å². The maximum absolute atomic E-state index is 13.3. The third kappa shape index (κ3) is 1.72. The Hall–Kier alpha value is -1.70. The lowest BCUT2D eigenvalue weighted by atomic mass is 9.85. The van der Waals surface area contributed by atoms with Crippen LogP contribution >= 0.6 is 0 Å². The normalized spacial score (nSPS) is 14.3. The number of halogens is 1. The van der Waals surface area contributed by atoms with Crippen LogP contribution in [0.2, 0.25) is 0 Å². The Balaban J connectivity index is 0.000000574. The average Bonchev–Trinajstić information content (AvgIpc) is 2.62. The molecule has 1 aromatic carbocycles. The van der Waals surface area contributed by atoms with Crippen molar-refractivity contribution in [1.82, 2.24) is 4.98 Å². The van der Waals surface area contributed by atoms with E-state index in [2.05, 4.69) is 18.8 Å². The van der Waals surface area contributed by atoms with Crippen molar-refractivity contribution in [2.45, 2.75) is 33.1 Å². The second-order valence-electron chi connectivity index (χ2n) is 4.71. The summed E-state index contributed by atoms with van der Waals surface area (Å²) in [7, 11) is 0. The molecule has 1 heterocycles. The fourth-order valence-electron chi connectivity index (χ4n) is 2.52. The molecule has 0 unspecified atom stereocenters. The first-order chi connectivity index (χ1) is 8.60. The van der Waals surface area contributed by atoms with Gasteiger partial charge in [0.05, 0.1) is 5.69 Å². The van der Waals surface area contributed by atoms with Crippen molar-refractivity contribution in [1.29, 1.82) is 0 Å². The summed E-state index contributed by atoms with van der Waals surface area (Å²) < 4.78 is 13.3. The van der Waals surface area contributed by atoms with Crippen LogP contribution in [0.3, 0.4) is 0 Å². The minimum Gasteiger partial charge on any atom is -0.260 e. The fraction of sp³-hybridized carbons (Fsp3) is 0.312. The van der Waals surface area contributed by atoms with E-state index >= 15 is 0 Å². The van der Waals surface area contributed by atoms with E-state index in [1.807, 2.05) is 32.0 Å². The Morgan fingerprint density at radius 1 is 1.06 bits per heavy atom. The van der Waals surface area contributed by atoms with Gasteiger partial charge in [0.2, 0.25) is 0 Å². The minimum absolute atomic E-state index is 0.181. The number of nitrogens with zero attached hydrogens (tertiary/aromatic N) is 1. The Morgan fingerprint density at radius 2 is 1.78 bits per heavy atom. The highest BCUT2D eigenvalue weighted by molar-refractivity contribution is 5.78. The number of pyridine rings is 1. The molecule has 94 valence electrons. The summed E-state index contributed by atoms with van der Waals surface area (Å²) in [5, 5.41) is 0. The highest BCUT2D eigenvalue weighted by atomic mass is 19.1. The van der Waals surface area contributed by atoms with E-state index in [1.165, 1.54) is 6.07 Å². The standard InChI is InChI=1S/C14H12FN.C2H6/c1-14(2)12-8-9(15)5-6-10(12)11-4-3-7-16-13(11)14;1-2/h3-8H,1-2H3;1-2H3. The first-order valence-corrected chi connectivity index (χ1v) is 6.36. The van der Waals surface area contributed by atoms with E-state index < -0.39 is 0 Å². The van der Waals surface area contributed by atoms with Crippen molar-refractivity contribution in [2.75, 3.05) is 0 Å². The molecule has 3 rings (SSSR count). The van der Waals surface area contributed by atoms with Crippen LogP contribution in [0.5, 0.6) is 0 Å². The molecular weight excluding hydrogens is 225 g/mol. The lowest BCUT2D eigenvalue weighted by molar-refractivity contribution is 0.602. The summed E-state index contributed by atoms with van der Waals surface area (Å²) in [5.74, 6) is -0.181. The number of hydrogen-bond acceptors (Lipinski definition) is 1. The molecular formula is C16H18FN. The van der Waals surface area contributed by atoms with Gasteiger partial charge < -0.3 is 0 Å². The summed E-state index contributed by atoms with van der Waals surface area (Å²) in [6, 6.07) is 8.95. The van der Waals surface area contributed by atoms with E-state index in [0.717, 1.165) is 22.4 Å². The summed E-state index contributed by atoms with van der Waals surface area (Å²) >= 11 is 0. The second-order valence-corrected chi connectivity index (χ2v) is 4.71. The average molecular weight is 243 g/mol. The van der Waals surface area contributed by atoms with Gasteiger partial charge in [-0.2, -0.15) is 0 Å². The van der Waals surface area contributed by atoms with E-state index in [9.17, 15) is 4.39 Å². The molecule has 0 spiro atoms. The van der Waals surface area contributed by atoms with Gasteiger partial charge in [-0.15, -0.1) is 0 Å². The first-order valence-electron chi connectivity index (χ1n) is 6.36. The predicted octanol–water partition coefficient (Wildman–Crippen LogP) is 4.55. The Kier molecular flexibility index (Phi) is 3.20. The number of benzene rings is 1. The highest BCUT2D eigenvalue weighted by Crippen LogP contribution is 2.47. The number of fused-ring (bicyclic) bond motifs is 3. The quantitative estimate of drug-likeness (QED) is 0.661. The molecule has 0 saturated heterocycles. The summed E-state index contributed by atoms with van der Waals surface area (Å²) in [4.78, 5) is 4.43. The third-order valence-electron chi connectivity index (χ3n) is 3.34. The van der Waals surface area contributed by atoms with E-state index in [-0.39, 0.29) is 11.2 Å². The van der Waals surface area contributed by atoms with Gasteiger partial charge >= 0.3 is 0 Å². The Morgan fingerprint density at radius 3 is 2.50 bits per heavy atom. The minimum atomic E-state index is -0.200. The lowest BCUT2D eigenvalue weighted by Crippen LogP contribution is -2.16. The van der Waals surface area contributed by atoms with Crippen LogP contribution in [-0.2, 0) is 5.41 Å². The van der Waals surface area contributed by atoms with Crippen LogP contribution in [0.4, 0.5) is 4.39 Å². The maximum Gasteiger partial charge on any atom is 0.123 e. The zero-order valence-corrected chi connectivity index (χ0v) is 11.3. The van der Waals surface area contributed by atoms with Crippen molar-refractivity contribution in [3.63, 3.8) is 0 Å². The summed E-state index contributed by atoms with van der Waals surface area (Å²) in [5.41, 5.74) is 4.10. The van der Waals surface area contributed by atoms with Crippen molar-refractivity contribution in [3.8, 4) is 11.1 Å². The largest absolute Gasteiger partial charge is 0.260 e. The molecule has 1 aliphatic rings. The number of aromatic nitrogens is 1. The molecule has 0 bridgehead atoms. The molecule has 1 aromatic heterocycles. The van der Waals surface area contributed by atoms with E-state index in [1.54, 1.807) is 12.3 Å². The van der Waals surface area contributed by atoms with Gasteiger partial charge in [0.25, 0.3) is 0 Å². The molecule has 1 aliphatic carbocycles. The van der Waals surface area contributed by atoms with Gasteiger partial charge in [-0.1, -0.05) is 39.8 Å². The number of rotatable bonds is 0. The van der Waals surface area contributed by atoms with Crippen LogP contribution in [0.1, 0.15) is 39.0 Å². The summed E-state index contributed by atoms with van der Waals surface area (Å²) in [6.07, 6.45) is 1.79. The van der Waals surface area contributed by atoms with Crippen LogP contribution in [-0.4, -0.2) is 4.98 Å². The van der Waals surface area contributed by atoms with E-state index in [0.29, 0.717) is 0 Å². The Labute approximate surface area is 108 Å². The van der Waals surface area contributed by atoms with Crippen LogP contribution in [0, 0.1) is 5.82 Å². The maximum atomic E-state index is 13.3. The molecule has 0 N–H and O–H groups in total. The molecule has 0 fully saturated rings. The Bertz CT molecular complexity index is 573. The van der Waals surface area contributed by atoms with Crippen molar-refractivity contribution < 1.29 is 4.39 Å². The summed E-state index contributed by atoms with van der Waals surface area (Å²) in [6.45, 7) is 8.17. The van der Waals surface area contributed by atoms with Gasteiger partial charge in [-0.3, -0.25) is 4.98 Å². The third-order valence-corrected chi connectivity index (χ3v) is 3.34. The topological polar surface area (TPSA) is 12.9 Å². The van der Waals surface area contributed by atoms with Crippen molar-refractivity contribution in [3.05, 3.63) is 53.6 Å². The molecule has 2 aromatic rings.